The van der Waals surface area contributed by atoms with Gasteiger partial charge in [-0.05, 0) is 43.8 Å². The Morgan fingerprint density at radius 2 is 1.80 bits per heavy atom. The fourth-order valence-electron chi connectivity index (χ4n) is 1.88. The van der Waals surface area contributed by atoms with Crippen LogP contribution in [0.4, 0.5) is 0 Å². The average molecular weight is 270 g/mol. The van der Waals surface area contributed by atoms with Gasteiger partial charge in [-0.1, -0.05) is 24.3 Å². The van der Waals surface area contributed by atoms with Crippen LogP contribution in [-0.4, -0.2) is 13.0 Å². The van der Waals surface area contributed by atoms with Gasteiger partial charge in [-0.2, -0.15) is 0 Å². The van der Waals surface area contributed by atoms with E-state index in [1.54, 1.807) is 24.3 Å². The first kappa shape index (κ1) is 14.1. The van der Waals surface area contributed by atoms with Gasteiger partial charge in [0.25, 0.3) is 5.91 Å². The van der Waals surface area contributed by atoms with Crippen LogP contribution in [0.1, 0.15) is 28.9 Å². The van der Waals surface area contributed by atoms with Crippen molar-refractivity contribution in [1.29, 1.82) is 0 Å². The molecule has 0 saturated heterocycles. The minimum absolute atomic E-state index is 0.280. The Morgan fingerprint density at radius 1 is 1.15 bits per heavy atom. The molecule has 0 saturated carbocycles. The van der Waals surface area contributed by atoms with Crippen molar-refractivity contribution in [3.63, 3.8) is 0 Å². The largest absolute Gasteiger partial charge is 0.457 e. The Balaban J connectivity index is 2.20. The molecule has 4 heteroatoms. The summed E-state index contributed by atoms with van der Waals surface area (Å²) < 4.78 is 5.72. The zero-order valence-corrected chi connectivity index (χ0v) is 11.6. The van der Waals surface area contributed by atoms with E-state index >= 15 is 0 Å². The SMILES string of the molecule is CNC(C)c1ccc(Oc2ccccc2C(N)=O)cc1. The van der Waals surface area contributed by atoms with E-state index in [4.69, 9.17) is 10.5 Å². The van der Waals surface area contributed by atoms with Crippen molar-refractivity contribution in [3.05, 3.63) is 59.7 Å². The monoisotopic (exact) mass is 270 g/mol. The van der Waals surface area contributed by atoms with E-state index in [0.717, 1.165) is 0 Å². The number of hydrogen-bond donors (Lipinski definition) is 2. The standard InChI is InChI=1S/C16H18N2O2/c1-11(18-2)12-7-9-13(10-8-12)20-15-6-4-3-5-14(15)16(17)19/h3-11,18H,1-2H3,(H2,17,19). The van der Waals surface area contributed by atoms with Crippen LogP contribution in [0.5, 0.6) is 11.5 Å². The van der Waals surface area contributed by atoms with Crippen molar-refractivity contribution in [3.8, 4) is 11.5 Å². The highest BCUT2D eigenvalue weighted by Crippen LogP contribution is 2.26. The van der Waals surface area contributed by atoms with Crippen LogP contribution < -0.4 is 15.8 Å². The van der Waals surface area contributed by atoms with Gasteiger partial charge in [0.2, 0.25) is 0 Å². The van der Waals surface area contributed by atoms with E-state index in [1.165, 1.54) is 5.56 Å². The van der Waals surface area contributed by atoms with Gasteiger partial charge in [-0.25, -0.2) is 0 Å². The molecule has 2 aromatic rings. The number of para-hydroxylation sites is 1. The van der Waals surface area contributed by atoms with Gasteiger partial charge >= 0.3 is 0 Å². The summed E-state index contributed by atoms with van der Waals surface area (Å²) in [5, 5.41) is 3.17. The normalized spacial score (nSPS) is 11.9. The summed E-state index contributed by atoms with van der Waals surface area (Å²) in [6.07, 6.45) is 0. The maximum absolute atomic E-state index is 11.3. The van der Waals surface area contributed by atoms with E-state index in [9.17, 15) is 4.79 Å². The molecule has 0 radical (unpaired) electrons. The zero-order valence-electron chi connectivity index (χ0n) is 11.6. The fraction of sp³-hybridized carbons (Fsp3) is 0.188. The van der Waals surface area contributed by atoms with Crippen LogP contribution in [0.25, 0.3) is 0 Å². The molecule has 3 N–H and O–H groups in total. The summed E-state index contributed by atoms with van der Waals surface area (Å²) in [4.78, 5) is 11.3. The first-order chi connectivity index (χ1) is 9.61. The topological polar surface area (TPSA) is 64.3 Å². The Labute approximate surface area is 118 Å². The van der Waals surface area contributed by atoms with E-state index in [0.29, 0.717) is 17.1 Å². The molecule has 0 spiro atoms. The van der Waals surface area contributed by atoms with Crippen molar-refractivity contribution >= 4 is 5.91 Å². The zero-order chi connectivity index (χ0) is 14.5. The molecule has 0 heterocycles. The second-order valence-corrected chi connectivity index (χ2v) is 4.54. The minimum Gasteiger partial charge on any atom is -0.457 e. The molecule has 0 fully saturated rings. The number of nitrogens with one attached hydrogen (secondary N) is 1. The summed E-state index contributed by atoms with van der Waals surface area (Å²) in [5.41, 5.74) is 6.87. The lowest BCUT2D eigenvalue weighted by atomic mass is 10.1. The second kappa shape index (κ2) is 6.21. The van der Waals surface area contributed by atoms with Crippen molar-refractivity contribution in [2.75, 3.05) is 7.05 Å². The summed E-state index contributed by atoms with van der Waals surface area (Å²) in [5.74, 6) is 0.640. The molecule has 0 aliphatic carbocycles. The number of hydrogen-bond acceptors (Lipinski definition) is 3. The number of rotatable bonds is 5. The Hall–Kier alpha value is -2.33. The molecule has 20 heavy (non-hydrogen) atoms. The molecular formula is C16H18N2O2. The summed E-state index contributed by atoms with van der Waals surface area (Å²) >= 11 is 0. The minimum atomic E-state index is -0.499. The molecule has 4 nitrogen and oxygen atoms in total. The van der Waals surface area contributed by atoms with E-state index < -0.39 is 5.91 Å². The maximum Gasteiger partial charge on any atom is 0.252 e. The molecule has 0 aromatic heterocycles. The van der Waals surface area contributed by atoms with Crippen molar-refractivity contribution in [1.82, 2.24) is 5.32 Å². The lowest BCUT2D eigenvalue weighted by molar-refractivity contribution is 0.0998. The van der Waals surface area contributed by atoms with E-state index in [1.807, 2.05) is 31.3 Å². The highest BCUT2D eigenvalue weighted by molar-refractivity contribution is 5.95. The van der Waals surface area contributed by atoms with Gasteiger partial charge in [0, 0.05) is 6.04 Å². The molecule has 104 valence electrons. The highest BCUT2D eigenvalue weighted by Gasteiger charge is 2.09. The molecule has 2 rings (SSSR count). The molecule has 2 aromatic carbocycles. The molecule has 0 aliphatic heterocycles. The smallest absolute Gasteiger partial charge is 0.252 e. The van der Waals surface area contributed by atoms with Crippen LogP contribution in [0.3, 0.4) is 0 Å². The van der Waals surface area contributed by atoms with Crippen LogP contribution >= 0.6 is 0 Å². The third kappa shape index (κ3) is 3.16. The lowest BCUT2D eigenvalue weighted by Crippen LogP contribution is -2.12. The molecule has 1 atom stereocenters. The lowest BCUT2D eigenvalue weighted by Gasteiger charge is -2.12. The van der Waals surface area contributed by atoms with Crippen LogP contribution in [0.15, 0.2) is 48.5 Å². The van der Waals surface area contributed by atoms with Crippen molar-refractivity contribution in [2.45, 2.75) is 13.0 Å². The molecule has 0 aliphatic rings. The summed E-state index contributed by atoms with van der Waals surface area (Å²) in [7, 11) is 1.91. The van der Waals surface area contributed by atoms with Gasteiger partial charge in [-0.15, -0.1) is 0 Å². The first-order valence-electron chi connectivity index (χ1n) is 6.45. The van der Waals surface area contributed by atoms with Crippen LogP contribution in [0.2, 0.25) is 0 Å². The van der Waals surface area contributed by atoms with Crippen molar-refractivity contribution < 1.29 is 9.53 Å². The number of nitrogens with two attached hydrogens (primary N) is 1. The number of primary amides is 1. The summed E-state index contributed by atoms with van der Waals surface area (Å²) in [6.45, 7) is 2.08. The molecule has 1 amide bonds. The van der Waals surface area contributed by atoms with Gasteiger partial charge in [0.15, 0.2) is 0 Å². The number of carbonyl (C=O) groups excluding carboxylic acids is 1. The third-order valence-electron chi connectivity index (χ3n) is 3.19. The van der Waals surface area contributed by atoms with Gasteiger partial charge in [-0.3, -0.25) is 4.79 Å². The second-order valence-electron chi connectivity index (χ2n) is 4.54. The van der Waals surface area contributed by atoms with Crippen molar-refractivity contribution in [2.24, 2.45) is 5.73 Å². The predicted octanol–water partition coefficient (Wildman–Crippen LogP) is 2.86. The van der Waals surface area contributed by atoms with Gasteiger partial charge < -0.3 is 15.8 Å². The molecule has 0 bridgehead atoms. The van der Waals surface area contributed by atoms with Gasteiger partial charge in [0.1, 0.15) is 11.5 Å². The number of benzene rings is 2. The average Bonchev–Trinajstić information content (AvgIpc) is 2.47. The highest BCUT2D eigenvalue weighted by atomic mass is 16.5. The quantitative estimate of drug-likeness (QED) is 0.878. The van der Waals surface area contributed by atoms with Crippen LogP contribution in [-0.2, 0) is 0 Å². The predicted molar refractivity (Wildman–Crippen MR) is 79.0 cm³/mol. The van der Waals surface area contributed by atoms with E-state index in [-0.39, 0.29) is 6.04 Å². The Kier molecular flexibility index (Phi) is 4.38. The maximum atomic E-state index is 11.3. The number of amides is 1. The van der Waals surface area contributed by atoms with Crippen LogP contribution in [0, 0.1) is 0 Å². The van der Waals surface area contributed by atoms with Gasteiger partial charge in [0.05, 0.1) is 5.56 Å². The summed E-state index contributed by atoms with van der Waals surface area (Å²) in [6, 6.07) is 14.9. The number of carbonyl (C=O) groups is 1. The molecule has 1 unspecified atom stereocenters. The fourth-order valence-corrected chi connectivity index (χ4v) is 1.88. The number of ether oxygens (including phenoxy) is 1. The Morgan fingerprint density at radius 3 is 2.40 bits per heavy atom. The third-order valence-corrected chi connectivity index (χ3v) is 3.19. The molecular weight excluding hydrogens is 252 g/mol. The van der Waals surface area contributed by atoms with E-state index in [2.05, 4.69) is 12.2 Å². The first-order valence-corrected chi connectivity index (χ1v) is 6.45. The Bertz CT molecular complexity index is 594.